The largest absolute Gasteiger partial charge is 0.304 e. The highest BCUT2D eigenvalue weighted by molar-refractivity contribution is 7.94. The maximum atomic E-state index is 14.0. The van der Waals surface area contributed by atoms with Gasteiger partial charge >= 0.3 is 0 Å². The van der Waals surface area contributed by atoms with Crippen LogP contribution in [-0.2, 0) is 30.8 Å². The van der Waals surface area contributed by atoms with E-state index in [-0.39, 0.29) is 6.54 Å². The van der Waals surface area contributed by atoms with Crippen molar-refractivity contribution in [2.75, 3.05) is 15.6 Å². The summed E-state index contributed by atoms with van der Waals surface area (Å²) >= 11 is 0. The molecule has 1 spiro atoms. The Morgan fingerprint density at radius 1 is 0.875 bits per heavy atom. The third-order valence-corrected chi connectivity index (χ3v) is 8.24. The predicted molar refractivity (Wildman–Crippen MR) is 123 cm³/mol. The molecule has 6 nitrogen and oxygen atoms in total. The zero-order chi connectivity index (χ0) is 22.7. The lowest BCUT2D eigenvalue weighted by atomic mass is 10.0. The van der Waals surface area contributed by atoms with E-state index in [1.54, 1.807) is 48.5 Å². The Hall–Kier alpha value is -3.45. The Labute approximate surface area is 187 Å². The molecule has 32 heavy (non-hydrogen) atoms. The maximum absolute atomic E-state index is 14.0. The Bertz CT molecular complexity index is 1360. The molecule has 0 aromatic heterocycles. The molecule has 1 unspecified atom stereocenters. The van der Waals surface area contributed by atoms with Crippen LogP contribution in [0.2, 0.25) is 0 Å². The Morgan fingerprint density at radius 2 is 1.59 bits per heavy atom. The van der Waals surface area contributed by atoms with Gasteiger partial charge in [0.1, 0.15) is 5.75 Å². The minimum absolute atomic E-state index is 0.213. The van der Waals surface area contributed by atoms with Crippen molar-refractivity contribution >= 4 is 33.0 Å². The van der Waals surface area contributed by atoms with Gasteiger partial charge < -0.3 is 4.90 Å². The normalized spacial score (nSPS) is 21.4. The summed E-state index contributed by atoms with van der Waals surface area (Å²) in [6.07, 6.45) is 0. The standard InChI is InChI=1S/C25H22N2O4S/c1-17-10-12-20(13-11-17)27-23(28)16-32(30,31)25(27)21-8-3-4-9-22(21)26(24(25)29)15-19-7-5-6-18(2)14-19/h3-14H,15-16H2,1-2H3. The van der Waals surface area contributed by atoms with Gasteiger partial charge in [0.25, 0.3) is 10.8 Å². The van der Waals surface area contributed by atoms with Gasteiger partial charge in [0.2, 0.25) is 5.91 Å². The highest BCUT2D eigenvalue weighted by atomic mass is 32.2. The number of aryl methyl sites for hydroxylation is 2. The molecule has 5 rings (SSSR count). The molecule has 162 valence electrons. The first kappa shape index (κ1) is 20.5. The van der Waals surface area contributed by atoms with Gasteiger partial charge in [-0.15, -0.1) is 0 Å². The summed E-state index contributed by atoms with van der Waals surface area (Å²) in [5, 5.41) is 0. The third kappa shape index (κ3) is 2.74. The average molecular weight is 447 g/mol. The third-order valence-electron chi connectivity index (χ3n) is 6.14. The van der Waals surface area contributed by atoms with Crippen molar-refractivity contribution in [2.45, 2.75) is 25.3 Å². The number of hydrogen-bond acceptors (Lipinski definition) is 4. The lowest BCUT2D eigenvalue weighted by Crippen LogP contribution is -2.54. The van der Waals surface area contributed by atoms with Crippen LogP contribution in [0.3, 0.4) is 0 Å². The maximum Gasteiger partial charge on any atom is 0.274 e. The number of sulfone groups is 1. The monoisotopic (exact) mass is 446 g/mol. The molecule has 7 heteroatoms. The molecule has 0 aliphatic carbocycles. The van der Waals surface area contributed by atoms with Crippen LogP contribution in [0.15, 0.2) is 72.8 Å². The fourth-order valence-corrected chi connectivity index (χ4v) is 6.77. The molecule has 0 radical (unpaired) electrons. The van der Waals surface area contributed by atoms with E-state index >= 15 is 0 Å². The summed E-state index contributed by atoms with van der Waals surface area (Å²) in [6, 6.07) is 21.6. The van der Waals surface area contributed by atoms with Crippen LogP contribution in [0.25, 0.3) is 0 Å². The van der Waals surface area contributed by atoms with Crippen molar-refractivity contribution in [1.29, 1.82) is 0 Å². The molecule has 0 saturated carbocycles. The molecule has 0 N–H and O–H groups in total. The highest BCUT2D eigenvalue weighted by Crippen LogP contribution is 2.52. The van der Waals surface area contributed by atoms with E-state index in [1.165, 1.54) is 9.80 Å². The molecule has 2 heterocycles. The van der Waals surface area contributed by atoms with E-state index < -0.39 is 32.3 Å². The van der Waals surface area contributed by atoms with E-state index in [0.29, 0.717) is 16.9 Å². The smallest absolute Gasteiger partial charge is 0.274 e. The van der Waals surface area contributed by atoms with Gasteiger partial charge in [0.05, 0.1) is 12.2 Å². The van der Waals surface area contributed by atoms with Gasteiger partial charge in [-0.1, -0.05) is 65.7 Å². The molecule has 0 bridgehead atoms. The van der Waals surface area contributed by atoms with Gasteiger partial charge in [-0.25, -0.2) is 8.42 Å². The van der Waals surface area contributed by atoms with Crippen LogP contribution in [-0.4, -0.2) is 26.0 Å². The molecule has 2 aliphatic heterocycles. The Kier molecular flexibility index (Phi) is 4.49. The summed E-state index contributed by atoms with van der Waals surface area (Å²) < 4.78 is 27.1. The Balaban J connectivity index is 1.73. The number of anilines is 2. The van der Waals surface area contributed by atoms with Gasteiger partial charge in [0, 0.05) is 11.3 Å². The molecule has 2 aliphatic rings. The number of fused-ring (bicyclic) bond motifs is 2. The number of para-hydroxylation sites is 1. The summed E-state index contributed by atoms with van der Waals surface area (Å²) in [4.78, 5) is 27.7. The summed E-state index contributed by atoms with van der Waals surface area (Å²) in [7, 11) is -4.15. The number of nitrogens with zero attached hydrogens (tertiary/aromatic N) is 2. The first-order chi connectivity index (χ1) is 15.3. The van der Waals surface area contributed by atoms with Crippen molar-refractivity contribution in [3.05, 3.63) is 95.1 Å². The van der Waals surface area contributed by atoms with Crippen LogP contribution in [0.5, 0.6) is 0 Å². The fraction of sp³-hybridized carbons (Fsp3) is 0.200. The number of amides is 2. The van der Waals surface area contributed by atoms with Crippen LogP contribution in [0.4, 0.5) is 11.4 Å². The van der Waals surface area contributed by atoms with Crippen molar-refractivity contribution in [3.63, 3.8) is 0 Å². The number of carbonyl (C=O) groups excluding carboxylic acids is 2. The number of rotatable bonds is 3. The van der Waals surface area contributed by atoms with E-state index in [2.05, 4.69) is 0 Å². The van der Waals surface area contributed by atoms with E-state index in [9.17, 15) is 18.0 Å². The molecular formula is C25H22N2O4S. The van der Waals surface area contributed by atoms with Crippen molar-refractivity contribution in [3.8, 4) is 0 Å². The van der Waals surface area contributed by atoms with E-state index in [0.717, 1.165) is 16.7 Å². The van der Waals surface area contributed by atoms with Crippen LogP contribution in [0, 0.1) is 13.8 Å². The first-order valence-corrected chi connectivity index (χ1v) is 12.0. The van der Waals surface area contributed by atoms with Crippen LogP contribution >= 0.6 is 0 Å². The molecule has 3 aromatic carbocycles. The SMILES string of the molecule is Cc1ccc(N2C(=O)CS(=O)(=O)C23C(=O)N(Cc2cccc(C)c2)c2ccccc23)cc1. The second kappa shape index (κ2) is 7.03. The molecule has 3 aromatic rings. The predicted octanol–water partition coefficient (Wildman–Crippen LogP) is 3.46. The minimum atomic E-state index is -4.15. The van der Waals surface area contributed by atoms with Gasteiger partial charge in [-0.2, -0.15) is 0 Å². The first-order valence-electron chi connectivity index (χ1n) is 10.3. The van der Waals surface area contributed by atoms with E-state index in [1.807, 2.05) is 38.1 Å². The van der Waals surface area contributed by atoms with Crippen LogP contribution in [0.1, 0.15) is 22.3 Å². The topological polar surface area (TPSA) is 74.8 Å². The zero-order valence-corrected chi connectivity index (χ0v) is 18.6. The van der Waals surface area contributed by atoms with Gasteiger partial charge in [-0.05, 0) is 37.6 Å². The van der Waals surface area contributed by atoms with Crippen molar-refractivity contribution in [2.24, 2.45) is 0 Å². The highest BCUT2D eigenvalue weighted by Gasteiger charge is 2.69. The van der Waals surface area contributed by atoms with Gasteiger partial charge in [-0.3, -0.25) is 14.5 Å². The second-order valence-corrected chi connectivity index (χ2v) is 10.5. The molecule has 1 saturated heterocycles. The van der Waals surface area contributed by atoms with Crippen molar-refractivity contribution < 1.29 is 18.0 Å². The fourth-order valence-electron chi connectivity index (χ4n) is 4.74. The number of hydrogen-bond donors (Lipinski definition) is 0. The molecular weight excluding hydrogens is 424 g/mol. The summed E-state index contributed by atoms with van der Waals surface area (Å²) in [5.41, 5.74) is 4.12. The minimum Gasteiger partial charge on any atom is -0.304 e. The van der Waals surface area contributed by atoms with Crippen molar-refractivity contribution in [1.82, 2.24) is 0 Å². The average Bonchev–Trinajstić information content (AvgIpc) is 3.12. The molecule has 2 amide bonds. The van der Waals surface area contributed by atoms with E-state index in [4.69, 9.17) is 0 Å². The zero-order valence-electron chi connectivity index (χ0n) is 17.8. The number of benzene rings is 3. The quantitative estimate of drug-likeness (QED) is 0.618. The number of carbonyl (C=O) groups is 2. The van der Waals surface area contributed by atoms with Crippen LogP contribution < -0.4 is 9.80 Å². The molecule has 1 atom stereocenters. The summed E-state index contributed by atoms with van der Waals surface area (Å²) in [6.45, 7) is 4.08. The van der Waals surface area contributed by atoms with Gasteiger partial charge in [0.15, 0.2) is 9.84 Å². The lowest BCUT2D eigenvalue weighted by molar-refractivity contribution is -0.123. The Morgan fingerprint density at radius 3 is 2.31 bits per heavy atom. The molecule has 1 fully saturated rings. The lowest BCUT2D eigenvalue weighted by Gasteiger charge is -2.32. The second-order valence-electron chi connectivity index (χ2n) is 8.37. The summed E-state index contributed by atoms with van der Waals surface area (Å²) in [5.74, 6) is -1.93.